The molecule has 0 radical (unpaired) electrons. The Morgan fingerprint density at radius 1 is 0.600 bits per heavy atom. The van der Waals surface area contributed by atoms with E-state index in [1.807, 2.05) is 109 Å². The van der Waals surface area contributed by atoms with Crippen LogP contribution in [0.4, 0.5) is 5.95 Å². The first-order chi connectivity index (χ1) is 17.0. The first kappa shape index (κ1) is 27.9. The van der Waals surface area contributed by atoms with E-state index in [-0.39, 0.29) is 0 Å². The molecule has 5 heterocycles. The number of halogens is 1. The predicted octanol–water partition coefficient (Wildman–Crippen LogP) is 4.14. The molecule has 0 fully saturated rings. The zero-order chi connectivity index (χ0) is 25.6. The summed E-state index contributed by atoms with van der Waals surface area (Å²) in [6.07, 6.45) is 14.6. The van der Waals surface area contributed by atoms with Crippen LogP contribution in [0.3, 0.4) is 0 Å². The van der Waals surface area contributed by atoms with Gasteiger partial charge < -0.3 is 18.6 Å². The molecule has 0 saturated carbocycles. The van der Waals surface area contributed by atoms with Crippen LogP contribution in [0.5, 0.6) is 0 Å². The summed E-state index contributed by atoms with van der Waals surface area (Å²) >= 11 is 1.33. The number of aryl methyl sites for hydroxylation is 3. The molecule has 0 aliphatic rings. The average molecular weight is 669 g/mol. The summed E-state index contributed by atoms with van der Waals surface area (Å²) in [6.45, 7) is 0. The van der Waals surface area contributed by atoms with Gasteiger partial charge in [0.05, 0.1) is 0 Å². The summed E-state index contributed by atoms with van der Waals surface area (Å²) in [5, 5.41) is 0. The van der Waals surface area contributed by atoms with E-state index in [0.717, 1.165) is 29.0 Å². The van der Waals surface area contributed by atoms with Crippen LogP contribution in [-0.2, 0) is 38.7 Å². The molecule has 0 aliphatic carbocycles. The average Bonchev–Trinajstić information content (AvgIpc) is 3.63. The number of anilines is 1. The van der Waals surface area contributed by atoms with Crippen LogP contribution in [0.1, 0.15) is 0 Å². The fourth-order valence-electron chi connectivity index (χ4n) is 3.00. The summed E-state index contributed by atoms with van der Waals surface area (Å²) < 4.78 is 5.87. The van der Waals surface area contributed by atoms with E-state index < -0.39 is 0 Å². The van der Waals surface area contributed by atoms with Gasteiger partial charge in [0.15, 0.2) is 11.6 Å². The van der Waals surface area contributed by atoms with E-state index in [9.17, 15) is 0 Å². The molecule has 35 heavy (non-hydrogen) atoms. The molecule has 0 N–H and O–H groups in total. The van der Waals surface area contributed by atoms with Crippen LogP contribution in [0.2, 0.25) is 0 Å². The van der Waals surface area contributed by atoms with Crippen molar-refractivity contribution in [3.63, 3.8) is 0 Å². The van der Waals surface area contributed by atoms with Crippen LogP contribution in [0.25, 0.3) is 23.0 Å². The van der Waals surface area contributed by atoms with Crippen molar-refractivity contribution in [2.24, 2.45) is 21.1 Å². The molecule has 9 nitrogen and oxygen atoms in total. The third-order valence-corrected chi connectivity index (χ3v) is 4.63. The van der Waals surface area contributed by atoms with Gasteiger partial charge in [-0.25, -0.2) is 15.0 Å². The maximum absolute atomic E-state index is 4.67. The van der Waals surface area contributed by atoms with Crippen molar-refractivity contribution in [3.05, 3.63) is 86.0 Å². The molecule has 0 bridgehead atoms. The Morgan fingerprint density at radius 3 is 1.29 bits per heavy atom. The Morgan fingerprint density at radius 2 is 1.03 bits per heavy atom. The second-order valence-corrected chi connectivity index (χ2v) is 7.39. The summed E-state index contributed by atoms with van der Waals surface area (Å²) in [7, 11) is 14.5. The van der Waals surface area contributed by atoms with E-state index in [4.69, 9.17) is 0 Å². The van der Waals surface area contributed by atoms with Gasteiger partial charge in [-0.1, -0.05) is 12.1 Å². The minimum atomic E-state index is 0.899. The van der Waals surface area contributed by atoms with E-state index in [1.54, 1.807) is 31.0 Å². The summed E-state index contributed by atoms with van der Waals surface area (Å²) in [5.41, 5.74) is 1.81. The van der Waals surface area contributed by atoms with Crippen LogP contribution in [0, 0.1) is 0 Å². The molecule has 5 aromatic rings. The van der Waals surface area contributed by atoms with Gasteiger partial charge in [-0.05, 0) is 24.3 Å². The molecule has 5 rings (SSSR count). The molecule has 0 aromatic carbocycles. The standard InChI is InChI=1S/2C9H9N3.C6H11N3.ClH.Os/c2*1-12-7-6-11-9(12)8-4-2-3-5-10-8;1-8(2)6-7-4-5-9(6)3;;/h2*2-7H,1H3;4-5H,1-3H3;1H;/q;;;;+1/p-1. The van der Waals surface area contributed by atoms with Crippen molar-refractivity contribution in [3.8, 4) is 23.0 Å². The summed E-state index contributed by atoms with van der Waals surface area (Å²) in [4.78, 5) is 22.8. The fourth-order valence-corrected chi connectivity index (χ4v) is 3.00. The number of imidazole rings is 3. The first-order valence-electron chi connectivity index (χ1n) is 10.5. The Kier molecular flexibility index (Phi) is 11.8. The molecule has 11 heteroatoms. The molecule has 0 saturated heterocycles. The third-order valence-electron chi connectivity index (χ3n) is 4.63. The van der Waals surface area contributed by atoms with Crippen LogP contribution < -0.4 is 4.90 Å². The Bertz CT molecular complexity index is 1160. The van der Waals surface area contributed by atoms with Crippen LogP contribution in [0.15, 0.2) is 86.0 Å². The molecule has 0 spiro atoms. The molecule has 185 valence electrons. The third kappa shape index (κ3) is 8.43. The van der Waals surface area contributed by atoms with Crippen LogP contribution >= 0.6 is 9.64 Å². The van der Waals surface area contributed by atoms with Crippen molar-refractivity contribution in [1.82, 2.24) is 38.6 Å². The van der Waals surface area contributed by atoms with Crippen molar-refractivity contribution in [2.75, 3.05) is 19.0 Å². The maximum atomic E-state index is 4.67. The van der Waals surface area contributed by atoms with Gasteiger partial charge in [0.2, 0.25) is 5.95 Å². The predicted molar refractivity (Wildman–Crippen MR) is 136 cm³/mol. The number of hydrogen-bond acceptors (Lipinski definition) is 6. The second-order valence-electron chi connectivity index (χ2n) is 7.39. The van der Waals surface area contributed by atoms with Gasteiger partial charge in [-0.3, -0.25) is 9.97 Å². The van der Waals surface area contributed by atoms with Gasteiger partial charge in [-0.15, -0.1) is 0 Å². The summed E-state index contributed by atoms with van der Waals surface area (Å²) in [6, 6.07) is 11.6. The first-order valence-corrected chi connectivity index (χ1v) is 13.7. The number of pyridine rings is 2. The van der Waals surface area contributed by atoms with Crippen molar-refractivity contribution in [1.29, 1.82) is 0 Å². The van der Waals surface area contributed by atoms with Crippen molar-refractivity contribution in [2.45, 2.75) is 0 Å². The minimum absolute atomic E-state index is 0.899. The van der Waals surface area contributed by atoms with Gasteiger partial charge in [0, 0.05) is 84.8 Å². The monoisotopic (exact) mass is 670 g/mol. The SMILES string of the molecule is CN(C)c1nccn1C.Cn1ccnc1-c1ccccn1.Cn1ccnc1-c1ccccn1.[Cl][Os]. The number of hydrogen-bond donors (Lipinski definition) is 0. The van der Waals surface area contributed by atoms with E-state index in [0.29, 0.717) is 0 Å². The van der Waals surface area contributed by atoms with Gasteiger partial charge in [0.25, 0.3) is 0 Å². The molecule has 0 amide bonds. The Labute approximate surface area is 220 Å². The van der Waals surface area contributed by atoms with Crippen LogP contribution in [-0.4, -0.2) is 52.7 Å². The van der Waals surface area contributed by atoms with Gasteiger partial charge >= 0.3 is 27.2 Å². The zero-order valence-electron chi connectivity index (χ0n) is 20.3. The van der Waals surface area contributed by atoms with Crippen molar-refractivity contribution < 1.29 is 17.6 Å². The number of rotatable bonds is 3. The molecule has 0 aliphatic heterocycles. The molecule has 0 atom stereocenters. The second kappa shape index (κ2) is 14.8. The van der Waals surface area contributed by atoms with Gasteiger partial charge in [-0.2, -0.15) is 0 Å². The quantitative estimate of drug-likeness (QED) is 0.288. The fraction of sp³-hybridized carbons (Fsp3) is 0.208. The Hall–Kier alpha value is -3.34. The normalized spacial score (nSPS) is 9.57. The molecular formula is C24H29ClN9Os. The zero-order valence-corrected chi connectivity index (χ0v) is 23.6. The molecular weight excluding hydrogens is 640 g/mol. The number of nitrogens with zero attached hydrogens (tertiary/aromatic N) is 9. The topological polar surface area (TPSA) is 82.5 Å². The van der Waals surface area contributed by atoms with E-state index in [2.05, 4.69) is 34.6 Å². The van der Waals surface area contributed by atoms with Crippen molar-refractivity contribution >= 4 is 15.6 Å². The van der Waals surface area contributed by atoms with E-state index >= 15 is 0 Å². The molecule has 5 aromatic heterocycles. The van der Waals surface area contributed by atoms with Gasteiger partial charge in [0.1, 0.15) is 11.4 Å². The number of aromatic nitrogens is 8. The molecule has 0 unspecified atom stereocenters. The van der Waals surface area contributed by atoms with E-state index in [1.165, 1.54) is 17.6 Å². The Balaban J connectivity index is 0.000000181. The summed E-state index contributed by atoms with van der Waals surface area (Å²) in [5.74, 6) is 2.78.